The van der Waals surface area contributed by atoms with E-state index in [-0.39, 0.29) is 12.7 Å². The molecule has 0 aliphatic carbocycles. The molecule has 1 atom stereocenters. The van der Waals surface area contributed by atoms with Gasteiger partial charge in [-0.3, -0.25) is 0 Å². The average molecular weight is 291 g/mol. The number of benzene rings is 1. The fourth-order valence-corrected chi connectivity index (χ4v) is 2.82. The van der Waals surface area contributed by atoms with Crippen LogP contribution < -0.4 is 0 Å². The topological polar surface area (TPSA) is 49.8 Å². The van der Waals surface area contributed by atoms with Crippen LogP contribution in [0, 0.1) is 5.92 Å². The third-order valence-electron chi connectivity index (χ3n) is 4.00. The summed E-state index contributed by atoms with van der Waals surface area (Å²) in [7, 11) is 0. The summed E-state index contributed by atoms with van der Waals surface area (Å²) in [6, 6.07) is 9.76. The number of amides is 1. The zero-order valence-corrected chi connectivity index (χ0v) is 12.5. The summed E-state index contributed by atoms with van der Waals surface area (Å²) >= 11 is 0. The van der Waals surface area contributed by atoms with Gasteiger partial charge >= 0.3 is 6.09 Å². The number of nitrogens with zero attached hydrogens (tertiary/aromatic N) is 1. The van der Waals surface area contributed by atoms with Crippen molar-refractivity contribution in [1.29, 1.82) is 0 Å². The lowest BCUT2D eigenvalue weighted by Gasteiger charge is -2.32. The van der Waals surface area contributed by atoms with Gasteiger partial charge in [-0.1, -0.05) is 36.8 Å². The van der Waals surface area contributed by atoms with E-state index in [4.69, 9.17) is 9.84 Å². The highest BCUT2D eigenvalue weighted by atomic mass is 16.6. The van der Waals surface area contributed by atoms with Crippen LogP contribution in [0.25, 0.3) is 0 Å². The fraction of sp³-hybridized carbons (Fsp3) is 0.588. The maximum Gasteiger partial charge on any atom is 0.410 e. The number of hydrogen-bond donors (Lipinski definition) is 1. The van der Waals surface area contributed by atoms with E-state index in [1.165, 1.54) is 6.42 Å². The predicted octanol–water partition coefficient (Wildman–Crippen LogP) is 3.20. The molecule has 4 nitrogen and oxygen atoms in total. The number of carbonyl (C=O) groups is 1. The van der Waals surface area contributed by atoms with Gasteiger partial charge in [-0.2, -0.15) is 0 Å². The van der Waals surface area contributed by atoms with Crippen molar-refractivity contribution >= 4 is 6.09 Å². The molecule has 1 amide bonds. The molecule has 116 valence electrons. The van der Waals surface area contributed by atoms with Crippen LogP contribution in [0.1, 0.15) is 37.7 Å². The molecule has 4 heteroatoms. The molecule has 0 unspecified atom stereocenters. The van der Waals surface area contributed by atoms with Crippen LogP contribution in [0.5, 0.6) is 0 Å². The van der Waals surface area contributed by atoms with Gasteiger partial charge in [-0.05, 0) is 37.2 Å². The summed E-state index contributed by atoms with van der Waals surface area (Å²) in [5, 5.41) is 8.83. The molecule has 2 rings (SSSR count). The molecule has 1 aliphatic rings. The summed E-state index contributed by atoms with van der Waals surface area (Å²) in [6.07, 6.45) is 5.00. The van der Waals surface area contributed by atoms with Gasteiger partial charge < -0.3 is 14.7 Å². The number of carbonyl (C=O) groups excluding carboxylic acids is 1. The second-order valence-corrected chi connectivity index (χ2v) is 5.71. The Morgan fingerprint density at radius 1 is 1.29 bits per heavy atom. The number of hydrogen-bond acceptors (Lipinski definition) is 3. The highest BCUT2D eigenvalue weighted by Gasteiger charge is 2.24. The highest BCUT2D eigenvalue weighted by Crippen LogP contribution is 2.22. The second kappa shape index (κ2) is 8.67. The Balaban J connectivity index is 1.74. The number of rotatable bonds is 6. The molecular weight excluding hydrogens is 266 g/mol. The molecule has 1 fully saturated rings. The average Bonchev–Trinajstić information content (AvgIpc) is 2.54. The number of ether oxygens (including phenoxy) is 1. The predicted molar refractivity (Wildman–Crippen MR) is 81.9 cm³/mol. The minimum atomic E-state index is -0.203. The van der Waals surface area contributed by atoms with E-state index in [9.17, 15) is 4.79 Å². The van der Waals surface area contributed by atoms with E-state index in [0.717, 1.165) is 44.3 Å². The van der Waals surface area contributed by atoms with Gasteiger partial charge in [0.05, 0.1) is 0 Å². The van der Waals surface area contributed by atoms with Crippen molar-refractivity contribution in [2.75, 3.05) is 19.7 Å². The maximum atomic E-state index is 12.1. The van der Waals surface area contributed by atoms with Gasteiger partial charge in [0.2, 0.25) is 0 Å². The molecule has 1 N–H and O–H groups in total. The van der Waals surface area contributed by atoms with E-state index in [1.807, 2.05) is 35.2 Å². The zero-order valence-electron chi connectivity index (χ0n) is 12.5. The Labute approximate surface area is 126 Å². The first kappa shape index (κ1) is 15.8. The number of piperidine rings is 1. The van der Waals surface area contributed by atoms with Gasteiger partial charge in [-0.25, -0.2) is 4.79 Å². The summed E-state index contributed by atoms with van der Waals surface area (Å²) < 4.78 is 5.39. The van der Waals surface area contributed by atoms with Crippen LogP contribution >= 0.6 is 0 Å². The van der Waals surface area contributed by atoms with Gasteiger partial charge in [-0.15, -0.1) is 0 Å². The molecule has 0 bridgehead atoms. The lowest BCUT2D eigenvalue weighted by Crippen LogP contribution is -2.40. The van der Waals surface area contributed by atoms with Crippen molar-refractivity contribution in [3.8, 4) is 0 Å². The summed E-state index contributed by atoms with van der Waals surface area (Å²) in [5.74, 6) is 0.551. The number of aliphatic hydroxyl groups is 1. The third kappa shape index (κ3) is 5.38. The van der Waals surface area contributed by atoms with Crippen LogP contribution in [-0.2, 0) is 11.3 Å². The molecule has 1 aromatic rings. The van der Waals surface area contributed by atoms with Crippen molar-refractivity contribution in [3.05, 3.63) is 35.9 Å². The SMILES string of the molecule is O=C(OCc1ccccc1)N1CCC[C@H](CCCCO)C1. The highest BCUT2D eigenvalue weighted by molar-refractivity contribution is 5.67. The lowest BCUT2D eigenvalue weighted by atomic mass is 9.93. The van der Waals surface area contributed by atoms with Crippen molar-refractivity contribution in [2.24, 2.45) is 5.92 Å². The van der Waals surface area contributed by atoms with Crippen molar-refractivity contribution in [2.45, 2.75) is 38.7 Å². The molecular formula is C17H25NO3. The van der Waals surface area contributed by atoms with Crippen LogP contribution in [0.15, 0.2) is 30.3 Å². The van der Waals surface area contributed by atoms with Gasteiger partial charge in [0.1, 0.15) is 6.61 Å². The van der Waals surface area contributed by atoms with Crippen LogP contribution in [0.4, 0.5) is 4.79 Å². The van der Waals surface area contributed by atoms with Gasteiger partial charge in [0.25, 0.3) is 0 Å². The first-order valence-corrected chi connectivity index (χ1v) is 7.86. The van der Waals surface area contributed by atoms with E-state index in [1.54, 1.807) is 0 Å². The molecule has 0 spiro atoms. The van der Waals surface area contributed by atoms with Crippen molar-refractivity contribution in [1.82, 2.24) is 4.90 Å². The van der Waals surface area contributed by atoms with Gasteiger partial charge in [0, 0.05) is 19.7 Å². The molecule has 21 heavy (non-hydrogen) atoms. The Hall–Kier alpha value is -1.55. The first-order valence-electron chi connectivity index (χ1n) is 7.86. The fourth-order valence-electron chi connectivity index (χ4n) is 2.82. The summed E-state index contributed by atoms with van der Waals surface area (Å²) in [4.78, 5) is 13.9. The lowest BCUT2D eigenvalue weighted by molar-refractivity contribution is 0.0774. The molecule has 1 heterocycles. The Morgan fingerprint density at radius 2 is 2.10 bits per heavy atom. The third-order valence-corrected chi connectivity index (χ3v) is 4.00. The van der Waals surface area contributed by atoms with Crippen LogP contribution in [-0.4, -0.2) is 35.8 Å². The van der Waals surface area contributed by atoms with Crippen LogP contribution in [0.2, 0.25) is 0 Å². The van der Waals surface area contributed by atoms with Crippen molar-refractivity contribution < 1.29 is 14.6 Å². The number of aliphatic hydroxyl groups excluding tert-OH is 1. The Morgan fingerprint density at radius 3 is 2.86 bits per heavy atom. The standard InChI is InChI=1S/C17H25NO3/c19-12-5-4-7-15-10-6-11-18(13-15)17(20)21-14-16-8-2-1-3-9-16/h1-3,8-9,15,19H,4-7,10-14H2/t15-/m0/s1. The Bertz CT molecular complexity index is 421. The van der Waals surface area contributed by atoms with E-state index in [2.05, 4.69) is 0 Å². The van der Waals surface area contributed by atoms with E-state index in [0.29, 0.717) is 12.5 Å². The van der Waals surface area contributed by atoms with Gasteiger partial charge in [0.15, 0.2) is 0 Å². The normalized spacial score (nSPS) is 18.5. The van der Waals surface area contributed by atoms with E-state index < -0.39 is 0 Å². The molecule has 0 radical (unpaired) electrons. The van der Waals surface area contributed by atoms with Crippen LogP contribution in [0.3, 0.4) is 0 Å². The number of unbranched alkanes of at least 4 members (excludes halogenated alkanes) is 1. The first-order chi connectivity index (χ1) is 10.3. The van der Waals surface area contributed by atoms with E-state index >= 15 is 0 Å². The smallest absolute Gasteiger partial charge is 0.410 e. The summed E-state index contributed by atoms with van der Waals surface area (Å²) in [5.41, 5.74) is 1.02. The quantitative estimate of drug-likeness (QED) is 0.819. The summed E-state index contributed by atoms with van der Waals surface area (Å²) in [6.45, 7) is 2.18. The monoisotopic (exact) mass is 291 g/mol. The molecule has 1 aliphatic heterocycles. The molecule has 1 saturated heterocycles. The Kier molecular flexibility index (Phi) is 6.54. The zero-order chi connectivity index (χ0) is 14.9. The largest absolute Gasteiger partial charge is 0.445 e. The molecule has 1 aromatic carbocycles. The minimum Gasteiger partial charge on any atom is -0.445 e. The maximum absolute atomic E-state index is 12.1. The van der Waals surface area contributed by atoms with Crippen molar-refractivity contribution in [3.63, 3.8) is 0 Å². The number of likely N-dealkylation sites (tertiary alicyclic amines) is 1. The minimum absolute atomic E-state index is 0.203. The molecule has 0 aromatic heterocycles. The second-order valence-electron chi connectivity index (χ2n) is 5.71. The molecule has 0 saturated carbocycles.